The highest BCUT2D eigenvalue weighted by Gasteiger charge is 2.23. The summed E-state index contributed by atoms with van der Waals surface area (Å²) in [6, 6.07) is 6.16. The molecule has 104 valence electrons. The van der Waals surface area contributed by atoms with Crippen molar-refractivity contribution >= 4 is 23.1 Å². The molecule has 0 atom stereocenters. The second kappa shape index (κ2) is 5.80. The Morgan fingerprint density at radius 1 is 1.42 bits per heavy atom. The Bertz CT molecular complexity index is 467. The molecule has 0 aromatic heterocycles. The van der Waals surface area contributed by atoms with Crippen LogP contribution in [0.1, 0.15) is 18.4 Å². The predicted octanol–water partition coefficient (Wildman–Crippen LogP) is 2.15. The number of benzene rings is 1. The third-order valence-electron chi connectivity index (χ3n) is 3.88. The number of nitrogens with one attached hydrogen (secondary N) is 1. The predicted molar refractivity (Wildman–Crippen MR) is 81.4 cm³/mol. The quantitative estimate of drug-likeness (QED) is 0.659. The van der Waals surface area contributed by atoms with Crippen molar-refractivity contribution in [1.82, 2.24) is 4.90 Å². The molecule has 1 aromatic rings. The zero-order valence-corrected chi connectivity index (χ0v) is 12.2. The van der Waals surface area contributed by atoms with Crippen molar-refractivity contribution in [3.63, 3.8) is 0 Å². The zero-order chi connectivity index (χ0) is 14.0. The summed E-state index contributed by atoms with van der Waals surface area (Å²) in [7, 11) is 4.21. The molecule has 1 saturated heterocycles. The number of anilines is 1. The Balaban J connectivity index is 2.26. The number of hydrogen-bond acceptors (Lipinski definition) is 3. The number of nitrogen functional groups attached to an aromatic ring is 1. The molecule has 4 nitrogen and oxygen atoms in total. The van der Waals surface area contributed by atoms with Crippen molar-refractivity contribution in [2.45, 2.75) is 18.9 Å². The van der Waals surface area contributed by atoms with Crippen molar-refractivity contribution in [3.05, 3.63) is 28.8 Å². The van der Waals surface area contributed by atoms with E-state index in [0.717, 1.165) is 31.6 Å². The van der Waals surface area contributed by atoms with Crippen molar-refractivity contribution in [3.8, 4) is 0 Å². The van der Waals surface area contributed by atoms with Crippen LogP contribution in [-0.2, 0) is 0 Å². The van der Waals surface area contributed by atoms with Crippen LogP contribution < -0.4 is 10.6 Å². The fourth-order valence-electron chi connectivity index (χ4n) is 2.65. The number of amidine groups is 1. The summed E-state index contributed by atoms with van der Waals surface area (Å²) in [4.78, 5) is 4.56. The van der Waals surface area contributed by atoms with Gasteiger partial charge in [0.05, 0.1) is 10.6 Å². The minimum Gasteiger partial charge on any atom is -0.384 e. The maximum atomic E-state index is 7.71. The average Bonchev–Trinajstić information content (AvgIpc) is 2.38. The van der Waals surface area contributed by atoms with Gasteiger partial charge in [-0.2, -0.15) is 0 Å². The molecule has 0 spiro atoms. The van der Waals surface area contributed by atoms with E-state index in [1.165, 1.54) is 0 Å². The Hall–Kier alpha value is -1.26. The van der Waals surface area contributed by atoms with E-state index in [4.69, 9.17) is 22.7 Å². The molecule has 0 aliphatic carbocycles. The lowest BCUT2D eigenvalue weighted by atomic mass is 10.0. The highest BCUT2D eigenvalue weighted by Crippen LogP contribution is 2.29. The Morgan fingerprint density at radius 2 is 2.05 bits per heavy atom. The first-order valence-electron chi connectivity index (χ1n) is 6.55. The highest BCUT2D eigenvalue weighted by atomic mass is 35.5. The molecule has 0 amide bonds. The van der Waals surface area contributed by atoms with Crippen LogP contribution in [0.4, 0.5) is 5.69 Å². The van der Waals surface area contributed by atoms with E-state index >= 15 is 0 Å². The lowest BCUT2D eigenvalue weighted by molar-refractivity contribution is 0.253. The van der Waals surface area contributed by atoms with Gasteiger partial charge < -0.3 is 15.5 Å². The topological polar surface area (TPSA) is 56.4 Å². The summed E-state index contributed by atoms with van der Waals surface area (Å²) in [6.45, 7) is 2.20. The molecule has 0 unspecified atom stereocenters. The van der Waals surface area contributed by atoms with Gasteiger partial charge in [-0.25, -0.2) is 0 Å². The van der Waals surface area contributed by atoms with Crippen LogP contribution in [0.2, 0.25) is 5.02 Å². The fraction of sp³-hybridized carbons (Fsp3) is 0.500. The number of nitrogens with zero attached hydrogens (tertiary/aromatic N) is 2. The number of rotatable bonds is 3. The van der Waals surface area contributed by atoms with E-state index in [1.54, 1.807) is 6.07 Å². The summed E-state index contributed by atoms with van der Waals surface area (Å²) < 4.78 is 0. The first kappa shape index (κ1) is 14.2. The van der Waals surface area contributed by atoms with Crippen LogP contribution in [0.5, 0.6) is 0 Å². The summed E-state index contributed by atoms with van der Waals surface area (Å²) >= 11 is 6.17. The average molecular weight is 281 g/mol. The largest absolute Gasteiger partial charge is 0.384 e. The second-order valence-corrected chi connectivity index (χ2v) is 5.60. The van der Waals surface area contributed by atoms with E-state index in [9.17, 15) is 0 Å². The summed E-state index contributed by atoms with van der Waals surface area (Å²) in [5.41, 5.74) is 7.27. The standard InChI is InChI=1S/C14H21ClN4/c1-18-8-6-10(7-9-18)19(2)12-5-3-4-11(15)13(12)14(16)17/h3-5,10H,6-9H2,1-2H3,(H3,16,17). The molecule has 0 saturated carbocycles. The minimum absolute atomic E-state index is 0.0281. The van der Waals surface area contributed by atoms with Crippen molar-refractivity contribution in [1.29, 1.82) is 5.41 Å². The Morgan fingerprint density at radius 3 is 2.63 bits per heavy atom. The van der Waals surface area contributed by atoms with Gasteiger partial charge in [0.2, 0.25) is 0 Å². The lowest BCUT2D eigenvalue weighted by Crippen LogP contribution is -2.42. The molecule has 1 fully saturated rings. The van der Waals surface area contributed by atoms with Crippen molar-refractivity contribution in [2.24, 2.45) is 5.73 Å². The van der Waals surface area contributed by atoms with Crippen molar-refractivity contribution in [2.75, 3.05) is 32.1 Å². The van der Waals surface area contributed by atoms with Crippen LogP contribution in [0.3, 0.4) is 0 Å². The van der Waals surface area contributed by atoms with Gasteiger partial charge in [-0.3, -0.25) is 5.41 Å². The Labute approximate surface area is 119 Å². The van der Waals surface area contributed by atoms with Gasteiger partial charge in [0, 0.05) is 18.8 Å². The number of nitrogens with two attached hydrogens (primary N) is 1. The molecule has 1 aliphatic rings. The van der Waals surface area contributed by atoms with E-state index in [2.05, 4.69) is 23.9 Å². The monoisotopic (exact) mass is 280 g/mol. The van der Waals surface area contributed by atoms with E-state index in [-0.39, 0.29) is 5.84 Å². The van der Waals surface area contributed by atoms with Gasteiger partial charge in [0.15, 0.2) is 0 Å². The third kappa shape index (κ3) is 3.01. The molecule has 1 aliphatic heterocycles. The second-order valence-electron chi connectivity index (χ2n) is 5.19. The van der Waals surface area contributed by atoms with E-state index in [1.807, 2.05) is 12.1 Å². The SMILES string of the molecule is CN1CCC(N(C)c2cccc(Cl)c2C(=N)N)CC1. The summed E-state index contributed by atoms with van der Waals surface area (Å²) in [5.74, 6) is 0.0281. The summed E-state index contributed by atoms with van der Waals surface area (Å²) in [5, 5.41) is 8.26. The molecular formula is C14H21ClN4. The van der Waals surface area contributed by atoms with Crippen molar-refractivity contribution < 1.29 is 0 Å². The molecule has 5 heteroatoms. The normalized spacial score (nSPS) is 17.4. The fourth-order valence-corrected chi connectivity index (χ4v) is 2.92. The number of likely N-dealkylation sites (tertiary alicyclic amines) is 1. The molecule has 1 aromatic carbocycles. The first-order valence-corrected chi connectivity index (χ1v) is 6.92. The molecular weight excluding hydrogens is 260 g/mol. The number of halogens is 1. The smallest absolute Gasteiger partial charge is 0.126 e. The van der Waals surface area contributed by atoms with Gasteiger partial charge in [-0.1, -0.05) is 17.7 Å². The maximum Gasteiger partial charge on any atom is 0.126 e. The van der Waals surface area contributed by atoms with Gasteiger partial charge in [0.25, 0.3) is 0 Å². The molecule has 0 radical (unpaired) electrons. The summed E-state index contributed by atoms with van der Waals surface area (Å²) in [6.07, 6.45) is 2.24. The van der Waals surface area contributed by atoms with Gasteiger partial charge in [-0.05, 0) is 45.1 Å². The van der Waals surface area contributed by atoms with Crippen LogP contribution in [0, 0.1) is 5.41 Å². The molecule has 3 N–H and O–H groups in total. The zero-order valence-electron chi connectivity index (χ0n) is 11.5. The van der Waals surface area contributed by atoms with Crippen LogP contribution in [0.15, 0.2) is 18.2 Å². The third-order valence-corrected chi connectivity index (χ3v) is 4.19. The van der Waals surface area contributed by atoms with Crippen LogP contribution >= 0.6 is 11.6 Å². The highest BCUT2D eigenvalue weighted by molar-refractivity contribution is 6.34. The molecule has 19 heavy (non-hydrogen) atoms. The van der Waals surface area contributed by atoms with E-state index in [0.29, 0.717) is 16.6 Å². The molecule has 2 rings (SSSR count). The molecule has 1 heterocycles. The van der Waals surface area contributed by atoms with Gasteiger partial charge in [-0.15, -0.1) is 0 Å². The van der Waals surface area contributed by atoms with Crippen LogP contribution in [0.25, 0.3) is 0 Å². The molecule has 0 bridgehead atoms. The Kier molecular flexibility index (Phi) is 4.32. The van der Waals surface area contributed by atoms with Gasteiger partial charge in [0.1, 0.15) is 5.84 Å². The maximum absolute atomic E-state index is 7.71. The van der Waals surface area contributed by atoms with Gasteiger partial charge >= 0.3 is 0 Å². The van der Waals surface area contributed by atoms with E-state index < -0.39 is 0 Å². The lowest BCUT2D eigenvalue weighted by Gasteiger charge is -2.37. The van der Waals surface area contributed by atoms with Crippen LogP contribution in [-0.4, -0.2) is 44.0 Å². The first-order chi connectivity index (χ1) is 9.00. The minimum atomic E-state index is 0.0281. The number of piperidine rings is 1. The number of hydrogen-bond donors (Lipinski definition) is 2.